The van der Waals surface area contributed by atoms with Crippen molar-refractivity contribution in [3.8, 4) is 0 Å². The van der Waals surface area contributed by atoms with Crippen LogP contribution in [0.1, 0.15) is 21.8 Å². The number of aromatic carboxylic acids is 1. The van der Waals surface area contributed by atoms with Gasteiger partial charge in [-0.05, 0) is 6.92 Å². The van der Waals surface area contributed by atoms with Gasteiger partial charge < -0.3 is 14.9 Å². The van der Waals surface area contributed by atoms with Crippen LogP contribution >= 0.6 is 0 Å². The lowest BCUT2D eigenvalue weighted by Gasteiger charge is -2.09. The fraction of sp³-hybridized carbons (Fsp3) is 0.231. The number of carboxylic acids is 1. The van der Waals surface area contributed by atoms with Gasteiger partial charge in [0.1, 0.15) is 5.56 Å². The molecule has 0 radical (unpaired) electrons. The number of nitrogens with one attached hydrogen (secondary N) is 1. The van der Waals surface area contributed by atoms with E-state index in [0.29, 0.717) is 29.0 Å². The summed E-state index contributed by atoms with van der Waals surface area (Å²) in [6.45, 7) is 2.15. The van der Waals surface area contributed by atoms with Crippen molar-refractivity contribution < 1.29 is 14.4 Å². The zero-order valence-electron chi connectivity index (χ0n) is 11.5. The molecule has 0 aliphatic rings. The Kier molecular flexibility index (Phi) is 3.05. The Morgan fingerprint density at radius 1 is 1.48 bits per heavy atom. The number of hydrogen-bond acceptors (Lipinski definition) is 6. The normalized spacial score (nSPS) is 11.0. The van der Waals surface area contributed by atoms with Gasteiger partial charge in [0.2, 0.25) is 0 Å². The summed E-state index contributed by atoms with van der Waals surface area (Å²) in [5, 5.41) is 20.9. The van der Waals surface area contributed by atoms with Gasteiger partial charge >= 0.3 is 5.97 Å². The zero-order chi connectivity index (χ0) is 15.0. The smallest absolute Gasteiger partial charge is 0.339 e. The zero-order valence-corrected chi connectivity index (χ0v) is 11.5. The van der Waals surface area contributed by atoms with Crippen molar-refractivity contribution in [2.45, 2.75) is 13.5 Å². The molecule has 8 heteroatoms. The first-order chi connectivity index (χ1) is 10.1. The molecule has 0 unspecified atom stereocenters. The summed E-state index contributed by atoms with van der Waals surface area (Å²) in [4.78, 5) is 15.5. The number of carbonyl (C=O) groups is 1. The molecule has 21 heavy (non-hydrogen) atoms. The molecule has 0 spiro atoms. The van der Waals surface area contributed by atoms with Gasteiger partial charge in [-0.15, -0.1) is 0 Å². The molecular formula is C13H13N5O3. The molecule has 0 amide bonds. The molecule has 8 nitrogen and oxygen atoms in total. The van der Waals surface area contributed by atoms with Crippen LogP contribution in [-0.2, 0) is 13.6 Å². The van der Waals surface area contributed by atoms with Gasteiger partial charge in [0.25, 0.3) is 0 Å². The van der Waals surface area contributed by atoms with Crippen LogP contribution < -0.4 is 5.32 Å². The van der Waals surface area contributed by atoms with Crippen molar-refractivity contribution in [3.05, 3.63) is 35.5 Å². The topological polar surface area (TPSA) is 106 Å². The van der Waals surface area contributed by atoms with Crippen LogP contribution in [0.4, 0.5) is 5.69 Å². The number of nitrogens with zero attached hydrogens (tertiary/aromatic N) is 4. The first-order valence-electron chi connectivity index (χ1n) is 6.26. The van der Waals surface area contributed by atoms with Crippen molar-refractivity contribution >= 4 is 22.7 Å². The summed E-state index contributed by atoms with van der Waals surface area (Å²) < 4.78 is 6.70. The third-order valence-corrected chi connectivity index (χ3v) is 3.11. The number of fused-ring (bicyclic) bond motifs is 1. The second-order valence-corrected chi connectivity index (χ2v) is 4.65. The summed E-state index contributed by atoms with van der Waals surface area (Å²) in [6.07, 6.45) is 2.91. The van der Waals surface area contributed by atoms with Gasteiger partial charge in [0.05, 0.1) is 29.5 Å². The highest BCUT2D eigenvalue weighted by atomic mass is 16.5. The van der Waals surface area contributed by atoms with Crippen molar-refractivity contribution in [2.75, 3.05) is 5.32 Å². The molecule has 3 rings (SSSR count). The third kappa shape index (κ3) is 2.31. The van der Waals surface area contributed by atoms with E-state index in [1.165, 1.54) is 6.20 Å². The quantitative estimate of drug-likeness (QED) is 0.750. The van der Waals surface area contributed by atoms with E-state index in [2.05, 4.69) is 20.6 Å². The summed E-state index contributed by atoms with van der Waals surface area (Å²) >= 11 is 0. The number of rotatable bonds is 4. The lowest BCUT2D eigenvalue weighted by Crippen LogP contribution is -2.07. The monoisotopic (exact) mass is 287 g/mol. The fourth-order valence-corrected chi connectivity index (χ4v) is 2.12. The second kappa shape index (κ2) is 4.89. The Balaban J connectivity index is 2.01. The van der Waals surface area contributed by atoms with Gasteiger partial charge in [-0.2, -0.15) is 5.10 Å². The Labute approximate surface area is 119 Å². The van der Waals surface area contributed by atoms with Crippen LogP contribution in [0.2, 0.25) is 0 Å². The first kappa shape index (κ1) is 13.1. The van der Waals surface area contributed by atoms with E-state index in [1.54, 1.807) is 24.0 Å². The third-order valence-electron chi connectivity index (χ3n) is 3.11. The molecule has 0 saturated heterocycles. The largest absolute Gasteiger partial charge is 0.478 e. The number of aryl methyl sites for hydroxylation is 2. The predicted octanol–water partition coefficient (Wildman–Crippen LogP) is 1.58. The molecule has 0 aliphatic carbocycles. The average Bonchev–Trinajstić information content (AvgIpc) is 3.03. The molecule has 0 fully saturated rings. The van der Waals surface area contributed by atoms with E-state index in [0.717, 1.165) is 5.69 Å². The van der Waals surface area contributed by atoms with Crippen LogP contribution in [0.25, 0.3) is 11.0 Å². The highest BCUT2D eigenvalue weighted by Crippen LogP contribution is 2.26. The highest BCUT2D eigenvalue weighted by Gasteiger charge is 2.17. The van der Waals surface area contributed by atoms with Crippen molar-refractivity contribution in [1.82, 2.24) is 19.9 Å². The molecule has 3 heterocycles. The lowest BCUT2D eigenvalue weighted by molar-refractivity contribution is 0.0697. The maximum atomic E-state index is 11.3. The summed E-state index contributed by atoms with van der Waals surface area (Å²) in [6, 6.07) is 1.79. The van der Waals surface area contributed by atoms with Gasteiger partial charge in [-0.1, -0.05) is 5.16 Å². The van der Waals surface area contributed by atoms with Gasteiger partial charge in [0.15, 0.2) is 11.4 Å². The standard InChI is InChI=1S/C13H13N5O3/c1-7-3-8(21-17-7)4-14-11-9-6-16-18(2)12(9)15-5-10(11)13(19)20/h3,5-6H,4H2,1-2H3,(H,14,15)(H,19,20). The molecule has 0 aliphatic heterocycles. The molecule has 108 valence electrons. The van der Waals surface area contributed by atoms with Crippen molar-refractivity contribution in [3.63, 3.8) is 0 Å². The predicted molar refractivity (Wildman–Crippen MR) is 74.0 cm³/mol. The Morgan fingerprint density at radius 2 is 2.29 bits per heavy atom. The summed E-state index contributed by atoms with van der Waals surface area (Å²) in [5.41, 5.74) is 1.93. The molecule has 3 aromatic rings. The van der Waals surface area contributed by atoms with Crippen LogP contribution in [-0.4, -0.2) is 31.0 Å². The average molecular weight is 287 g/mol. The summed E-state index contributed by atoms with van der Waals surface area (Å²) in [7, 11) is 1.75. The minimum atomic E-state index is -1.05. The Bertz CT molecular complexity index is 820. The van der Waals surface area contributed by atoms with E-state index < -0.39 is 5.97 Å². The Hall–Kier alpha value is -2.90. The molecular weight excluding hydrogens is 274 g/mol. The molecule has 0 atom stereocenters. The van der Waals surface area contributed by atoms with Gasteiger partial charge in [-0.25, -0.2) is 9.78 Å². The van der Waals surface area contributed by atoms with Crippen LogP contribution in [0, 0.1) is 6.92 Å². The Morgan fingerprint density at radius 3 is 2.95 bits per heavy atom. The molecule has 0 bridgehead atoms. The van der Waals surface area contributed by atoms with E-state index in [9.17, 15) is 9.90 Å². The number of hydrogen-bond donors (Lipinski definition) is 2. The van der Waals surface area contributed by atoms with Crippen LogP contribution in [0.15, 0.2) is 23.0 Å². The van der Waals surface area contributed by atoms with Crippen LogP contribution in [0.3, 0.4) is 0 Å². The van der Waals surface area contributed by atoms with Crippen LogP contribution in [0.5, 0.6) is 0 Å². The fourth-order valence-electron chi connectivity index (χ4n) is 2.12. The lowest BCUT2D eigenvalue weighted by atomic mass is 10.2. The highest BCUT2D eigenvalue weighted by molar-refractivity contribution is 6.03. The van der Waals surface area contributed by atoms with E-state index in [1.807, 2.05) is 6.92 Å². The van der Waals surface area contributed by atoms with E-state index >= 15 is 0 Å². The minimum absolute atomic E-state index is 0.0896. The van der Waals surface area contributed by atoms with Gasteiger partial charge in [0, 0.05) is 19.3 Å². The molecule has 2 N–H and O–H groups in total. The van der Waals surface area contributed by atoms with Gasteiger partial charge in [-0.3, -0.25) is 4.68 Å². The SMILES string of the molecule is Cc1cc(CNc2c(C(=O)O)cnc3c2cnn3C)on1. The molecule has 0 saturated carbocycles. The maximum absolute atomic E-state index is 11.3. The van der Waals surface area contributed by atoms with Crippen molar-refractivity contribution in [2.24, 2.45) is 7.05 Å². The second-order valence-electron chi connectivity index (χ2n) is 4.65. The first-order valence-corrected chi connectivity index (χ1v) is 6.26. The number of carboxylic acid groups (broad SMARTS) is 1. The van der Waals surface area contributed by atoms with E-state index in [-0.39, 0.29) is 5.56 Å². The number of aromatic nitrogens is 4. The molecule has 3 aromatic heterocycles. The van der Waals surface area contributed by atoms with E-state index in [4.69, 9.17) is 4.52 Å². The van der Waals surface area contributed by atoms with Crippen molar-refractivity contribution in [1.29, 1.82) is 0 Å². The number of pyridine rings is 1. The maximum Gasteiger partial charge on any atom is 0.339 e. The summed E-state index contributed by atoms with van der Waals surface area (Å²) in [5.74, 6) is -0.429. The minimum Gasteiger partial charge on any atom is -0.478 e. The number of anilines is 1. The molecule has 0 aromatic carbocycles.